The zero-order valence-corrected chi connectivity index (χ0v) is 15.6. The van der Waals surface area contributed by atoms with E-state index in [9.17, 15) is 13.2 Å². The summed E-state index contributed by atoms with van der Waals surface area (Å²) in [4.78, 5) is 13.2. The van der Waals surface area contributed by atoms with Gasteiger partial charge in [-0.25, -0.2) is 8.42 Å². The molecule has 0 aromatic heterocycles. The first-order chi connectivity index (χ1) is 11.3. The highest BCUT2D eigenvalue weighted by atomic mass is 35.5. The van der Waals surface area contributed by atoms with Crippen molar-refractivity contribution in [1.29, 1.82) is 0 Å². The van der Waals surface area contributed by atoms with Crippen LogP contribution in [0, 0.1) is 0 Å². The van der Waals surface area contributed by atoms with Crippen LogP contribution in [0.1, 0.15) is 0 Å². The minimum Gasteiger partial charge on any atom is -0.323 e. The van der Waals surface area contributed by atoms with Gasteiger partial charge in [-0.3, -0.25) is 9.10 Å². The molecule has 0 aliphatic carbocycles. The summed E-state index contributed by atoms with van der Waals surface area (Å²) in [6.45, 7) is -0.331. The lowest BCUT2D eigenvalue weighted by atomic mass is 10.3. The molecule has 0 heterocycles. The average molecular weight is 385 g/mol. The van der Waals surface area contributed by atoms with Crippen molar-refractivity contribution in [1.82, 2.24) is 0 Å². The summed E-state index contributed by atoms with van der Waals surface area (Å²) in [6, 6.07) is 13.7. The van der Waals surface area contributed by atoms with E-state index in [-0.39, 0.29) is 6.54 Å². The van der Waals surface area contributed by atoms with Crippen LogP contribution in [0.4, 0.5) is 11.4 Å². The van der Waals surface area contributed by atoms with E-state index in [4.69, 9.17) is 11.6 Å². The molecule has 0 aliphatic rings. The van der Waals surface area contributed by atoms with E-state index in [2.05, 4.69) is 5.32 Å². The van der Waals surface area contributed by atoms with E-state index in [1.807, 2.05) is 18.4 Å². The van der Waals surface area contributed by atoms with Gasteiger partial charge in [-0.2, -0.15) is 0 Å². The molecule has 0 aliphatic heterocycles. The topological polar surface area (TPSA) is 66.5 Å². The van der Waals surface area contributed by atoms with Crippen LogP contribution < -0.4 is 9.62 Å². The van der Waals surface area contributed by atoms with Crippen LogP contribution in [-0.4, -0.2) is 33.4 Å². The molecule has 0 saturated heterocycles. The third kappa shape index (κ3) is 4.90. The number of halogens is 1. The van der Waals surface area contributed by atoms with Gasteiger partial charge in [0.25, 0.3) is 0 Å². The van der Waals surface area contributed by atoms with Crippen LogP contribution in [0.3, 0.4) is 0 Å². The molecule has 128 valence electrons. The lowest BCUT2D eigenvalue weighted by Gasteiger charge is -2.22. The number of sulfonamides is 1. The number of nitrogens with one attached hydrogen (secondary N) is 1. The van der Waals surface area contributed by atoms with Crippen molar-refractivity contribution in [2.75, 3.05) is 28.7 Å². The van der Waals surface area contributed by atoms with Gasteiger partial charge in [-0.15, -0.1) is 11.8 Å². The highest BCUT2D eigenvalue weighted by Crippen LogP contribution is 2.25. The Bertz CT molecular complexity index is 841. The molecule has 2 aromatic rings. The maximum absolute atomic E-state index is 12.3. The van der Waals surface area contributed by atoms with E-state index in [1.54, 1.807) is 30.3 Å². The zero-order chi connectivity index (χ0) is 17.7. The van der Waals surface area contributed by atoms with Gasteiger partial charge < -0.3 is 5.32 Å². The fraction of sp³-hybridized carbons (Fsp3) is 0.188. The van der Waals surface area contributed by atoms with Gasteiger partial charge >= 0.3 is 0 Å². The number of amides is 1. The summed E-state index contributed by atoms with van der Waals surface area (Å²) in [5.41, 5.74) is 0.993. The molecule has 1 N–H and O–H groups in total. The molecule has 0 saturated carbocycles. The van der Waals surface area contributed by atoms with Gasteiger partial charge in [0, 0.05) is 9.92 Å². The molecular weight excluding hydrogens is 368 g/mol. The van der Waals surface area contributed by atoms with Gasteiger partial charge in [0.1, 0.15) is 6.54 Å². The minimum absolute atomic E-state index is 0.331. The molecule has 0 fully saturated rings. The maximum Gasteiger partial charge on any atom is 0.245 e. The van der Waals surface area contributed by atoms with Crippen molar-refractivity contribution in [3.05, 3.63) is 53.6 Å². The SMILES string of the molecule is CSc1ccccc1NC(=O)CN(c1cccc(Cl)c1)S(C)(=O)=O. The lowest BCUT2D eigenvalue weighted by Crippen LogP contribution is -2.37. The van der Waals surface area contributed by atoms with Crippen LogP contribution in [0.2, 0.25) is 5.02 Å². The van der Waals surface area contributed by atoms with Crippen molar-refractivity contribution in [2.24, 2.45) is 0 Å². The first-order valence-electron chi connectivity index (χ1n) is 6.97. The van der Waals surface area contributed by atoms with Crippen molar-refractivity contribution in [3.8, 4) is 0 Å². The Morgan fingerprint density at radius 2 is 1.92 bits per heavy atom. The quantitative estimate of drug-likeness (QED) is 0.774. The standard InChI is InChI=1S/C16H17ClN2O3S2/c1-23-15-9-4-3-8-14(15)18-16(20)11-19(24(2,21)22)13-7-5-6-12(17)10-13/h3-10H,11H2,1-2H3,(H,18,20). The maximum atomic E-state index is 12.3. The van der Waals surface area contributed by atoms with Gasteiger partial charge in [0.05, 0.1) is 17.6 Å². The number of hydrogen-bond acceptors (Lipinski definition) is 4. The van der Waals surface area contributed by atoms with Gasteiger partial charge in [-0.1, -0.05) is 29.8 Å². The molecule has 0 bridgehead atoms. The normalized spacial score (nSPS) is 11.1. The van der Waals surface area contributed by atoms with Crippen LogP contribution in [0.25, 0.3) is 0 Å². The van der Waals surface area contributed by atoms with Crippen LogP contribution in [-0.2, 0) is 14.8 Å². The second kappa shape index (κ2) is 7.92. The van der Waals surface area contributed by atoms with E-state index < -0.39 is 15.9 Å². The second-order valence-corrected chi connectivity index (χ2v) is 8.19. The van der Waals surface area contributed by atoms with Crippen molar-refractivity contribution in [2.45, 2.75) is 4.90 Å². The van der Waals surface area contributed by atoms with Gasteiger partial charge in [0.15, 0.2) is 0 Å². The third-order valence-electron chi connectivity index (χ3n) is 3.16. The number of hydrogen-bond donors (Lipinski definition) is 1. The fourth-order valence-corrected chi connectivity index (χ4v) is 3.69. The Morgan fingerprint density at radius 3 is 2.54 bits per heavy atom. The first-order valence-corrected chi connectivity index (χ1v) is 10.4. The third-order valence-corrected chi connectivity index (χ3v) is 5.34. The number of anilines is 2. The highest BCUT2D eigenvalue weighted by Gasteiger charge is 2.21. The number of carbonyl (C=O) groups excluding carboxylic acids is 1. The highest BCUT2D eigenvalue weighted by molar-refractivity contribution is 7.98. The number of nitrogens with zero attached hydrogens (tertiary/aromatic N) is 1. The smallest absolute Gasteiger partial charge is 0.245 e. The monoisotopic (exact) mass is 384 g/mol. The largest absolute Gasteiger partial charge is 0.323 e. The molecule has 8 heteroatoms. The molecule has 2 rings (SSSR count). The number of rotatable bonds is 6. The Morgan fingerprint density at radius 1 is 1.21 bits per heavy atom. The second-order valence-electron chi connectivity index (χ2n) is 5.00. The van der Waals surface area contributed by atoms with E-state index in [0.717, 1.165) is 15.5 Å². The molecule has 0 spiro atoms. The number of carbonyl (C=O) groups is 1. The van der Waals surface area contributed by atoms with Gasteiger partial charge in [0.2, 0.25) is 15.9 Å². The van der Waals surface area contributed by atoms with Crippen molar-refractivity contribution >= 4 is 50.7 Å². The molecule has 24 heavy (non-hydrogen) atoms. The molecule has 0 atom stereocenters. The Hall–Kier alpha value is -1.70. The molecule has 1 amide bonds. The number of para-hydroxylation sites is 1. The first kappa shape index (κ1) is 18.6. The molecule has 5 nitrogen and oxygen atoms in total. The summed E-state index contributed by atoms with van der Waals surface area (Å²) in [6.07, 6.45) is 2.96. The fourth-order valence-electron chi connectivity index (χ4n) is 2.10. The van der Waals surface area contributed by atoms with Crippen molar-refractivity contribution < 1.29 is 13.2 Å². The Balaban J connectivity index is 2.23. The van der Waals surface area contributed by atoms with Crippen LogP contribution in [0.15, 0.2) is 53.4 Å². The number of benzene rings is 2. The van der Waals surface area contributed by atoms with Crippen molar-refractivity contribution in [3.63, 3.8) is 0 Å². The molecule has 0 unspecified atom stereocenters. The summed E-state index contributed by atoms with van der Waals surface area (Å²) < 4.78 is 25.1. The molecule has 2 aromatic carbocycles. The average Bonchev–Trinajstić information content (AvgIpc) is 2.52. The zero-order valence-electron chi connectivity index (χ0n) is 13.2. The molecule has 0 radical (unpaired) electrons. The van der Waals surface area contributed by atoms with E-state index in [1.165, 1.54) is 17.8 Å². The minimum atomic E-state index is -3.63. The van der Waals surface area contributed by atoms with Gasteiger partial charge in [-0.05, 0) is 36.6 Å². The Kier molecular flexibility index (Phi) is 6.15. The van der Waals surface area contributed by atoms with Crippen LogP contribution in [0.5, 0.6) is 0 Å². The summed E-state index contributed by atoms with van der Waals surface area (Å²) in [7, 11) is -3.63. The summed E-state index contributed by atoms with van der Waals surface area (Å²) in [5.74, 6) is -0.429. The summed E-state index contributed by atoms with van der Waals surface area (Å²) in [5, 5.41) is 3.15. The lowest BCUT2D eigenvalue weighted by molar-refractivity contribution is -0.114. The predicted octanol–water partition coefficient (Wildman–Crippen LogP) is 3.47. The summed E-state index contributed by atoms with van der Waals surface area (Å²) >= 11 is 7.42. The predicted molar refractivity (Wildman–Crippen MR) is 100 cm³/mol. The van der Waals surface area contributed by atoms with Crippen LogP contribution >= 0.6 is 23.4 Å². The Labute approximate surface area is 151 Å². The molecular formula is C16H17ClN2O3S2. The number of thioether (sulfide) groups is 1. The van der Waals surface area contributed by atoms with E-state index >= 15 is 0 Å². The van der Waals surface area contributed by atoms with E-state index in [0.29, 0.717) is 16.4 Å².